The number of ether oxygens (including phenoxy) is 1. The molecule has 0 saturated carbocycles. The van der Waals surface area contributed by atoms with Crippen molar-refractivity contribution in [2.24, 2.45) is 0 Å². The van der Waals surface area contributed by atoms with Crippen LogP contribution >= 0.6 is 27.7 Å². The Kier molecular flexibility index (Phi) is 4.54. The first-order valence-electron chi connectivity index (χ1n) is 6.76. The zero-order valence-electron chi connectivity index (χ0n) is 12.2. The Hall–Kier alpha value is -2.05. The minimum absolute atomic E-state index is 0.331. The first-order valence-corrected chi connectivity index (χ1v) is 8.37. The van der Waals surface area contributed by atoms with Gasteiger partial charge in [-0.1, -0.05) is 40.2 Å². The van der Waals surface area contributed by atoms with E-state index in [1.54, 1.807) is 30.3 Å². The number of halogens is 1. The van der Waals surface area contributed by atoms with Crippen LogP contribution in [0.15, 0.2) is 57.9 Å². The Morgan fingerprint density at radius 1 is 1.09 bits per heavy atom. The molecular weight excluding hydrogens is 378 g/mol. The van der Waals surface area contributed by atoms with Crippen molar-refractivity contribution in [1.29, 1.82) is 0 Å². The summed E-state index contributed by atoms with van der Waals surface area (Å²) in [4.78, 5) is 26.4. The molecule has 2 aromatic carbocycles. The van der Waals surface area contributed by atoms with Gasteiger partial charge in [0, 0.05) is 4.47 Å². The average Bonchev–Trinajstić information content (AvgIpc) is 2.83. The van der Waals surface area contributed by atoms with Crippen molar-refractivity contribution >= 4 is 50.6 Å². The van der Waals surface area contributed by atoms with E-state index < -0.39 is 0 Å². The molecule has 0 spiro atoms. The average molecular weight is 390 g/mol. The van der Waals surface area contributed by atoms with Gasteiger partial charge in [0.05, 0.1) is 17.7 Å². The van der Waals surface area contributed by atoms with Gasteiger partial charge in [-0.05, 0) is 47.7 Å². The summed E-state index contributed by atoms with van der Waals surface area (Å²) in [6.07, 6.45) is 1.72. The molecular formula is C17H12BrNO3S. The van der Waals surface area contributed by atoms with E-state index in [1.807, 2.05) is 24.3 Å². The molecule has 0 radical (unpaired) electrons. The van der Waals surface area contributed by atoms with Crippen LogP contribution in [0.2, 0.25) is 0 Å². The van der Waals surface area contributed by atoms with Crippen molar-refractivity contribution in [3.63, 3.8) is 0 Å². The van der Waals surface area contributed by atoms with Crippen molar-refractivity contribution in [2.75, 3.05) is 12.0 Å². The second-order valence-electron chi connectivity index (χ2n) is 4.74. The number of nitrogens with zero attached hydrogens (tertiary/aromatic N) is 1. The third-order valence-electron chi connectivity index (χ3n) is 3.29. The molecule has 1 aliphatic heterocycles. The van der Waals surface area contributed by atoms with Crippen LogP contribution in [0.1, 0.15) is 5.56 Å². The molecule has 4 nitrogen and oxygen atoms in total. The highest BCUT2D eigenvalue weighted by molar-refractivity contribution is 9.10. The van der Waals surface area contributed by atoms with Crippen LogP contribution in [0, 0.1) is 0 Å². The Balaban J connectivity index is 1.95. The summed E-state index contributed by atoms with van der Waals surface area (Å²) in [5, 5.41) is -0.331. The van der Waals surface area contributed by atoms with Crippen molar-refractivity contribution < 1.29 is 14.3 Å². The standard InChI is InChI=1S/C17H12BrNO3S/c1-22-14-5-3-2-4-13(14)19-16(20)15(23-17(19)21)10-11-6-8-12(18)9-7-11/h2-10H,1H3/b15-10+. The Labute approximate surface area is 146 Å². The lowest BCUT2D eigenvalue weighted by atomic mass is 10.2. The highest BCUT2D eigenvalue weighted by Gasteiger charge is 2.37. The zero-order chi connectivity index (χ0) is 16.4. The summed E-state index contributed by atoms with van der Waals surface area (Å²) in [6, 6.07) is 14.5. The topological polar surface area (TPSA) is 46.6 Å². The molecule has 1 fully saturated rings. The molecule has 3 rings (SSSR count). The molecule has 0 aliphatic carbocycles. The van der Waals surface area contributed by atoms with E-state index in [0.717, 1.165) is 26.7 Å². The van der Waals surface area contributed by atoms with Crippen LogP contribution in [0.25, 0.3) is 6.08 Å². The monoisotopic (exact) mass is 389 g/mol. The molecule has 1 saturated heterocycles. The fourth-order valence-corrected chi connectivity index (χ4v) is 3.30. The van der Waals surface area contributed by atoms with Gasteiger partial charge in [0.25, 0.3) is 11.1 Å². The molecule has 1 aliphatic rings. The van der Waals surface area contributed by atoms with Crippen molar-refractivity contribution in [3.05, 3.63) is 63.5 Å². The van der Waals surface area contributed by atoms with Crippen molar-refractivity contribution in [2.45, 2.75) is 0 Å². The largest absolute Gasteiger partial charge is 0.495 e. The number of para-hydroxylation sites is 2. The van der Waals surface area contributed by atoms with Gasteiger partial charge in [-0.25, -0.2) is 4.90 Å². The van der Waals surface area contributed by atoms with Crippen LogP contribution in [0.3, 0.4) is 0 Å². The van der Waals surface area contributed by atoms with E-state index in [2.05, 4.69) is 15.9 Å². The lowest BCUT2D eigenvalue weighted by Gasteiger charge is -2.15. The number of benzene rings is 2. The minimum Gasteiger partial charge on any atom is -0.495 e. The molecule has 2 aromatic rings. The van der Waals surface area contributed by atoms with E-state index in [4.69, 9.17) is 4.74 Å². The maximum atomic E-state index is 12.6. The van der Waals surface area contributed by atoms with Gasteiger partial charge in [-0.15, -0.1) is 0 Å². The van der Waals surface area contributed by atoms with Gasteiger partial charge in [-0.2, -0.15) is 0 Å². The Morgan fingerprint density at radius 3 is 2.48 bits per heavy atom. The minimum atomic E-state index is -0.340. The summed E-state index contributed by atoms with van der Waals surface area (Å²) >= 11 is 4.29. The number of rotatable bonds is 3. The molecule has 0 bridgehead atoms. The van der Waals surface area contributed by atoms with Crippen LogP contribution < -0.4 is 9.64 Å². The number of imide groups is 1. The fourth-order valence-electron chi connectivity index (χ4n) is 2.20. The molecule has 2 amide bonds. The summed E-state index contributed by atoms with van der Waals surface area (Å²) < 4.78 is 6.20. The molecule has 6 heteroatoms. The molecule has 0 aromatic heterocycles. The van der Waals surface area contributed by atoms with E-state index >= 15 is 0 Å². The molecule has 1 heterocycles. The van der Waals surface area contributed by atoms with E-state index in [-0.39, 0.29) is 11.1 Å². The van der Waals surface area contributed by atoms with Gasteiger partial charge < -0.3 is 4.74 Å². The number of carbonyl (C=O) groups is 2. The molecule has 0 unspecified atom stereocenters. The maximum absolute atomic E-state index is 12.6. The van der Waals surface area contributed by atoms with Crippen molar-refractivity contribution in [1.82, 2.24) is 0 Å². The lowest BCUT2D eigenvalue weighted by Crippen LogP contribution is -2.28. The third-order valence-corrected chi connectivity index (χ3v) is 4.69. The van der Waals surface area contributed by atoms with Crippen LogP contribution in [0.4, 0.5) is 10.5 Å². The van der Waals surface area contributed by atoms with Crippen LogP contribution in [-0.4, -0.2) is 18.3 Å². The number of hydrogen-bond acceptors (Lipinski definition) is 4. The van der Waals surface area contributed by atoms with Crippen LogP contribution in [0.5, 0.6) is 5.75 Å². The predicted molar refractivity (Wildman–Crippen MR) is 95.6 cm³/mol. The summed E-state index contributed by atoms with van der Waals surface area (Å²) in [5.74, 6) is 0.145. The second-order valence-corrected chi connectivity index (χ2v) is 6.65. The van der Waals surface area contributed by atoms with Gasteiger partial charge in [0.1, 0.15) is 5.75 Å². The van der Waals surface area contributed by atoms with Gasteiger partial charge in [-0.3, -0.25) is 9.59 Å². The Bertz CT molecular complexity index is 802. The molecule has 116 valence electrons. The predicted octanol–water partition coefficient (Wildman–Crippen LogP) is 4.70. The number of carbonyl (C=O) groups excluding carboxylic acids is 2. The lowest BCUT2D eigenvalue weighted by molar-refractivity contribution is -0.113. The second kappa shape index (κ2) is 6.60. The molecule has 0 atom stereocenters. The highest BCUT2D eigenvalue weighted by atomic mass is 79.9. The summed E-state index contributed by atoms with van der Waals surface area (Å²) in [5.41, 5.74) is 1.32. The molecule has 23 heavy (non-hydrogen) atoms. The van der Waals surface area contributed by atoms with Crippen molar-refractivity contribution in [3.8, 4) is 5.75 Å². The van der Waals surface area contributed by atoms with E-state index in [1.165, 1.54) is 7.11 Å². The quantitative estimate of drug-likeness (QED) is 0.713. The maximum Gasteiger partial charge on any atom is 0.298 e. The number of amides is 2. The smallest absolute Gasteiger partial charge is 0.298 e. The number of hydrogen-bond donors (Lipinski definition) is 0. The van der Waals surface area contributed by atoms with E-state index in [9.17, 15) is 9.59 Å². The first kappa shape index (κ1) is 15.8. The highest BCUT2D eigenvalue weighted by Crippen LogP contribution is 2.39. The summed E-state index contributed by atoms with van der Waals surface area (Å²) in [7, 11) is 1.51. The molecule has 0 N–H and O–H groups in total. The fraction of sp³-hybridized carbons (Fsp3) is 0.0588. The van der Waals surface area contributed by atoms with Gasteiger partial charge in [0.2, 0.25) is 0 Å². The zero-order valence-corrected chi connectivity index (χ0v) is 14.6. The first-order chi connectivity index (χ1) is 11.1. The SMILES string of the molecule is COc1ccccc1N1C(=O)S/C(=C/c2ccc(Br)cc2)C1=O. The number of anilines is 1. The summed E-state index contributed by atoms with van der Waals surface area (Å²) in [6.45, 7) is 0. The van der Waals surface area contributed by atoms with Gasteiger partial charge >= 0.3 is 0 Å². The number of thioether (sulfide) groups is 1. The van der Waals surface area contributed by atoms with E-state index in [0.29, 0.717) is 16.3 Å². The number of methoxy groups -OCH3 is 1. The Morgan fingerprint density at radius 2 is 1.78 bits per heavy atom. The van der Waals surface area contributed by atoms with Gasteiger partial charge in [0.15, 0.2) is 0 Å². The van der Waals surface area contributed by atoms with Crippen LogP contribution in [-0.2, 0) is 4.79 Å². The third kappa shape index (κ3) is 3.18. The normalized spacial score (nSPS) is 16.3.